The minimum Gasteiger partial charge on any atom is -0.444 e. The standard InChI is InChI=1S/C18H30N2O2/c1-14(2)20(17(21)22-18(4,5)6)12-11-19-13-16-9-7-15(3)8-10-16/h7-10,14,19H,11-13H2,1-6H3. The van der Waals surface area contributed by atoms with Crippen LogP contribution in [-0.4, -0.2) is 35.7 Å². The van der Waals surface area contributed by atoms with Crippen LogP contribution >= 0.6 is 0 Å². The van der Waals surface area contributed by atoms with Gasteiger partial charge in [0.1, 0.15) is 5.60 Å². The van der Waals surface area contributed by atoms with E-state index in [4.69, 9.17) is 4.74 Å². The fourth-order valence-electron chi connectivity index (χ4n) is 2.02. The van der Waals surface area contributed by atoms with E-state index in [2.05, 4.69) is 36.5 Å². The molecule has 0 aliphatic heterocycles. The molecule has 1 aromatic rings. The van der Waals surface area contributed by atoms with Crippen LogP contribution in [0.25, 0.3) is 0 Å². The summed E-state index contributed by atoms with van der Waals surface area (Å²) in [5, 5.41) is 3.37. The van der Waals surface area contributed by atoms with Crippen LogP contribution in [0.15, 0.2) is 24.3 Å². The molecule has 0 atom stereocenters. The minimum absolute atomic E-state index is 0.121. The number of hydrogen-bond donors (Lipinski definition) is 1. The zero-order valence-corrected chi connectivity index (χ0v) is 14.8. The Labute approximate surface area is 134 Å². The molecule has 1 aromatic carbocycles. The maximum absolute atomic E-state index is 12.2. The maximum Gasteiger partial charge on any atom is 0.410 e. The summed E-state index contributed by atoms with van der Waals surface area (Å²) in [5.41, 5.74) is 2.05. The molecule has 0 aromatic heterocycles. The molecule has 0 bridgehead atoms. The zero-order chi connectivity index (χ0) is 16.8. The van der Waals surface area contributed by atoms with Gasteiger partial charge in [-0.05, 0) is 47.1 Å². The molecule has 4 nitrogen and oxygen atoms in total. The molecule has 4 heteroatoms. The number of nitrogens with one attached hydrogen (secondary N) is 1. The number of carbonyl (C=O) groups excluding carboxylic acids is 1. The van der Waals surface area contributed by atoms with Crippen LogP contribution in [0.1, 0.15) is 45.7 Å². The summed E-state index contributed by atoms with van der Waals surface area (Å²) in [6.45, 7) is 13.9. The van der Waals surface area contributed by atoms with Gasteiger partial charge >= 0.3 is 6.09 Å². The molecule has 0 heterocycles. The van der Waals surface area contributed by atoms with E-state index in [1.165, 1.54) is 11.1 Å². The van der Waals surface area contributed by atoms with Gasteiger partial charge in [0, 0.05) is 25.7 Å². The molecule has 1 amide bonds. The number of benzene rings is 1. The molecule has 124 valence electrons. The first-order valence-corrected chi connectivity index (χ1v) is 7.95. The highest BCUT2D eigenvalue weighted by atomic mass is 16.6. The molecule has 1 N–H and O–H groups in total. The van der Waals surface area contributed by atoms with Gasteiger partial charge in [-0.15, -0.1) is 0 Å². The zero-order valence-electron chi connectivity index (χ0n) is 14.8. The van der Waals surface area contributed by atoms with Crippen molar-refractivity contribution in [2.24, 2.45) is 0 Å². The lowest BCUT2D eigenvalue weighted by atomic mass is 10.1. The minimum atomic E-state index is -0.459. The van der Waals surface area contributed by atoms with E-state index in [1.54, 1.807) is 4.90 Å². The number of ether oxygens (including phenoxy) is 1. The molecule has 0 aliphatic rings. The lowest BCUT2D eigenvalue weighted by molar-refractivity contribution is 0.0193. The Morgan fingerprint density at radius 1 is 1.23 bits per heavy atom. The fourth-order valence-corrected chi connectivity index (χ4v) is 2.02. The molecule has 22 heavy (non-hydrogen) atoms. The van der Waals surface area contributed by atoms with E-state index in [0.717, 1.165) is 13.1 Å². The third-order valence-electron chi connectivity index (χ3n) is 3.23. The number of rotatable bonds is 6. The van der Waals surface area contributed by atoms with E-state index in [0.29, 0.717) is 6.54 Å². The second kappa shape index (κ2) is 8.18. The Bertz CT molecular complexity index is 461. The first kappa shape index (κ1) is 18.5. The Morgan fingerprint density at radius 2 is 1.82 bits per heavy atom. The van der Waals surface area contributed by atoms with Gasteiger partial charge in [-0.25, -0.2) is 4.79 Å². The second-order valence-electron chi connectivity index (χ2n) is 6.93. The molecular weight excluding hydrogens is 276 g/mol. The van der Waals surface area contributed by atoms with Gasteiger partial charge in [-0.1, -0.05) is 29.8 Å². The topological polar surface area (TPSA) is 41.6 Å². The Hall–Kier alpha value is -1.55. The SMILES string of the molecule is Cc1ccc(CNCCN(C(=O)OC(C)(C)C)C(C)C)cc1. The Kier molecular flexibility index (Phi) is 6.88. The number of carbonyl (C=O) groups is 1. The third-order valence-corrected chi connectivity index (χ3v) is 3.23. The predicted molar refractivity (Wildman–Crippen MR) is 91.0 cm³/mol. The van der Waals surface area contributed by atoms with Crippen LogP contribution in [0, 0.1) is 6.92 Å². The second-order valence-corrected chi connectivity index (χ2v) is 6.93. The van der Waals surface area contributed by atoms with Crippen molar-refractivity contribution in [1.82, 2.24) is 10.2 Å². The van der Waals surface area contributed by atoms with E-state index in [1.807, 2.05) is 34.6 Å². The lowest BCUT2D eigenvalue weighted by Crippen LogP contribution is -2.44. The van der Waals surface area contributed by atoms with Crippen molar-refractivity contribution < 1.29 is 9.53 Å². The highest BCUT2D eigenvalue weighted by molar-refractivity contribution is 5.68. The van der Waals surface area contributed by atoms with Crippen LogP contribution in [0.4, 0.5) is 4.79 Å². The van der Waals surface area contributed by atoms with Gasteiger partial charge in [-0.2, -0.15) is 0 Å². The lowest BCUT2D eigenvalue weighted by Gasteiger charge is -2.30. The predicted octanol–water partition coefficient (Wildman–Crippen LogP) is 3.73. The molecule has 0 saturated carbocycles. The van der Waals surface area contributed by atoms with Crippen molar-refractivity contribution in [2.45, 2.75) is 59.7 Å². The van der Waals surface area contributed by atoms with Crippen molar-refractivity contribution in [3.63, 3.8) is 0 Å². The largest absolute Gasteiger partial charge is 0.444 e. The van der Waals surface area contributed by atoms with Crippen molar-refractivity contribution >= 4 is 6.09 Å². The van der Waals surface area contributed by atoms with E-state index < -0.39 is 5.60 Å². The number of amides is 1. The van der Waals surface area contributed by atoms with Crippen LogP contribution in [-0.2, 0) is 11.3 Å². The van der Waals surface area contributed by atoms with Crippen molar-refractivity contribution in [3.8, 4) is 0 Å². The average Bonchev–Trinajstić information content (AvgIpc) is 2.38. The highest BCUT2D eigenvalue weighted by Crippen LogP contribution is 2.11. The van der Waals surface area contributed by atoms with E-state index in [-0.39, 0.29) is 12.1 Å². The van der Waals surface area contributed by atoms with Crippen molar-refractivity contribution in [3.05, 3.63) is 35.4 Å². The number of nitrogens with zero attached hydrogens (tertiary/aromatic N) is 1. The monoisotopic (exact) mass is 306 g/mol. The average molecular weight is 306 g/mol. The molecule has 1 rings (SSSR count). The van der Waals surface area contributed by atoms with Gasteiger partial charge in [0.2, 0.25) is 0 Å². The smallest absolute Gasteiger partial charge is 0.410 e. The molecule has 0 fully saturated rings. The summed E-state index contributed by atoms with van der Waals surface area (Å²) < 4.78 is 5.45. The first-order valence-electron chi connectivity index (χ1n) is 7.95. The summed E-state index contributed by atoms with van der Waals surface area (Å²) in [6, 6.07) is 8.58. The highest BCUT2D eigenvalue weighted by Gasteiger charge is 2.23. The molecule has 0 saturated heterocycles. The summed E-state index contributed by atoms with van der Waals surface area (Å²) >= 11 is 0. The van der Waals surface area contributed by atoms with E-state index in [9.17, 15) is 4.79 Å². The summed E-state index contributed by atoms with van der Waals surface area (Å²) in [7, 11) is 0. The van der Waals surface area contributed by atoms with Crippen LogP contribution in [0.2, 0.25) is 0 Å². The molecular formula is C18H30N2O2. The van der Waals surface area contributed by atoms with Crippen LogP contribution in [0.5, 0.6) is 0 Å². The van der Waals surface area contributed by atoms with Gasteiger partial charge in [0.05, 0.1) is 0 Å². The normalized spacial score (nSPS) is 11.6. The summed E-state index contributed by atoms with van der Waals surface area (Å²) in [4.78, 5) is 13.9. The first-order chi connectivity index (χ1) is 10.2. The fraction of sp³-hybridized carbons (Fsp3) is 0.611. The van der Waals surface area contributed by atoms with E-state index >= 15 is 0 Å². The van der Waals surface area contributed by atoms with Crippen molar-refractivity contribution in [1.29, 1.82) is 0 Å². The molecule has 0 aliphatic carbocycles. The molecule has 0 unspecified atom stereocenters. The maximum atomic E-state index is 12.2. The third kappa shape index (κ3) is 6.94. The molecule has 0 radical (unpaired) electrons. The van der Waals surface area contributed by atoms with Gasteiger partial charge in [0.25, 0.3) is 0 Å². The summed E-state index contributed by atoms with van der Waals surface area (Å²) in [6.07, 6.45) is -0.250. The van der Waals surface area contributed by atoms with Crippen molar-refractivity contribution in [2.75, 3.05) is 13.1 Å². The summed E-state index contributed by atoms with van der Waals surface area (Å²) in [5.74, 6) is 0. The van der Waals surface area contributed by atoms with Crippen LogP contribution < -0.4 is 5.32 Å². The quantitative estimate of drug-likeness (QED) is 0.814. The van der Waals surface area contributed by atoms with Gasteiger partial charge in [0.15, 0.2) is 0 Å². The van der Waals surface area contributed by atoms with Gasteiger partial charge in [-0.3, -0.25) is 0 Å². The Balaban J connectivity index is 2.41. The van der Waals surface area contributed by atoms with Gasteiger partial charge < -0.3 is 15.0 Å². The number of aryl methyl sites for hydroxylation is 1. The molecule has 0 spiro atoms. The number of hydrogen-bond acceptors (Lipinski definition) is 3. The Morgan fingerprint density at radius 3 is 2.32 bits per heavy atom. The van der Waals surface area contributed by atoms with Crippen LogP contribution in [0.3, 0.4) is 0 Å².